The van der Waals surface area contributed by atoms with Gasteiger partial charge in [-0.1, -0.05) is 26.8 Å². The lowest BCUT2D eigenvalue weighted by Crippen LogP contribution is -2.64. The van der Waals surface area contributed by atoms with Gasteiger partial charge in [-0.05, 0) is 30.9 Å². The van der Waals surface area contributed by atoms with Crippen LogP contribution in [0.5, 0.6) is 0 Å². The second kappa shape index (κ2) is 6.24. The summed E-state index contributed by atoms with van der Waals surface area (Å²) in [6.45, 7) is 7.77. The number of pyridine rings is 1. The van der Waals surface area contributed by atoms with Gasteiger partial charge in [0.05, 0.1) is 6.04 Å². The maximum Gasteiger partial charge on any atom is 0.246 e. The van der Waals surface area contributed by atoms with E-state index in [4.69, 9.17) is 0 Å². The molecule has 5 heteroatoms. The lowest BCUT2D eigenvalue weighted by molar-refractivity contribution is -0.153. The van der Waals surface area contributed by atoms with Crippen molar-refractivity contribution < 1.29 is 9.59 Å². The fourth-order valence-electron chi connectivity index (χ4n) is 2.83. The maximum atomic E-state index is 12.8. The van der Waals surface area contributed by atoms with Gasteiger partial charge >= 0.3 is 0 Å². The van der Waals surface area contributed by atoms with E-state index in [1.807, 2.05) is 39.8 Å². The number of aromatic nitrogens is 1. The van der Waals surface area contributed by atoms with Crippen LogP contribution in [0.4, 0.5) is 0 Å². The highest BCUT2D eigenvalue weighted by Crippen LogP contribution is 2.28. The zero-order chi connectivity index (χ0) is 15.6. The molecule has 2 amide bonds. The molecule has 0 aliphatic carbocycles. The Kier molecular flexibility index (Phi) is 4.60. The van der Waals surface area contributed by atoms with Gasteiger partial charge in [-0.25, -0.2) is 0 Å². The van der Waals surface area contributed by atoms with E-state index in [-0.39, 0.29) is 23.8 Å². The second-order valence-electron chi connectivity index (χ2n) is 5.86. The topological polar surface area (TPSA) is 62.3 Å². The molecule has 1 aliphatic heterocycles. The molecule has 2 rings (SSSR count). The van der Waals surface area contributed by atoms with Crippen molar-refractivity contribution in [3.05, 3.63) is 30.1 Å². The van der Waals surface area contributed by atoms with Gasteiger partial charge in [0.1, 0.15) is 12.1 Å². The van der Waals surface area contributed by atoms with Crippen LogP contribution in [0.25, 0.3) is 0 Å². The molecule has 0 radical (unpaired) electrons. The van der Waals surface area contributed by atoms with Crippen molar-refractivity contribution in [2.75, 3.05) is 0 Å². The van der Waals surface area contributed by atoms with Crippen molar-refractivity contribution in [1.29, 1.82) is 0 Å². The van der Waals surface area contributed by atoms with Crippen LogP contribution in [0.3, 0.4) is 0 Å². The third-order valence-corrected chi connectivity index (χ3v) is 4.09. The van der Waals surface area contributed by atoms with Crippen LogP contribution in [0.1, 0.15) is 45.7 Å². The molecule has 2 heterocycles. The molecule has 0 saturated carbocycles. The Morgan fingerprint density at radius 1 is 1.33 bits per heavy atom. The van der Waals surface area contributed by atoms with E-state index in [1.54, 1.807) is 17.3 Å². The quantitative estimate of drug-likeness (QED) is 0.921. The fourth-order valence-corrected chi connectivity index (χ4v) is 2.83. The minimum Gasteiger partial charge on any atom is -0.342 e. The summed E-state index contributed by atoms with van der Waals surface area (Å²) in [7, 11) is 0. The number of nitrogens with one attached hydrogen (secondary N) is 1. The minimum absolute atomic E-state index is 0.00666. The van der Waals surface area contributed by atoms with Crippen molar-refractivity contribution in [2.24, 2.45) is 5.92 Å². The number of nitrogens with zero attached hydrogens (tertiary/aromatic N) is 2. The van der Waals surface area contributed by atoms with Crippen LogP contribution < -0.4 is 5.32 Å². The van der Waals surface area contributed by atoms with Crippen LogP contribution in [0.15, 0.2) is 24.5 Å². The predicted octanol–water partition coefficient (Wildman–Crippen LogP) is 1.90. The molecule has 114 valence electrons. The van der Waals surface area contributed by atoms with Gasteiger partial charge in [0.2, 0.25) is 11.8 Å². The van der Waals surface area contributed by atoms with E-state index in [0.29, 0.717) is 6.42 Å². The molecule has 5 nitrogen and oxygen atoms in total. The first-order valence-corrected chi connectivity index (χ1v) is 7.49. The Morgan fingerprint density at radius 2 is 2.05 bits per heavy atom. The van der Waals surface area contributed by atoms with Crippen molar-refractivity contribution in [1.82, 2.24) is 15.2 Å². The highest BCUT2D eigenvalue weighted by atomic mass is 16.2. The molecule has 1 N–H and O–H groups in total. The number of carbonyl (C=O) groups excluding carboxylic acids is 2. The smallest absolute Gasteiger partial charge is 0.246 e. The Morgan fingerprint density at radius 3 is 2.57 bits per heavy atom. The van der Waals surface area contributed by atoms with E-state index in [0.717, 1.165) is 5.56 Å². The van der Waals surface area contributed by atoms with Crippen LogP contribution in [-0.4, -0.2) is 33.8 Å². The number of carbonyl (C=O) groups is 2. The SMILES string of the molecule is CCC1C(=O)NC(C(C)C)C(=O)N1C(C)c1cccnc1. The van der Waals surface area contributed by atoms with Gasteiger partial charge in [-0.15, -0.1) is 0 Å². The molecule has 21 heavy (non-hydrogen) atoms. The fraction of sp³-hybridized carbons (Fsp3) is 0.562. The van der Waals surface area contributed by atoms with E-state index in [1.165, 1.54) is 0 Å². The van der Waals surface area contributed by atoms with Gasteiger partial charge in [0.15, 0.2) is 0 Å². The standard InChI is InChI=1S/C16H23N3O2/c1-5-13-15(20)18-14(10(2)3)16(21)19(13)11(4)12-7-6-8-17-9-12/h6-11,13-14H,5H2,1-4H3,(H,18,20). The zero-order valence-corrected chi connectivity index (χ0v) is 13.0. The number of amides is 2. The second-order valence-corrected chi connectivity index (χ2v) is 5.86. The highest BCUT2D eigenvalue weighted by molar-refractivity contribution is 5.97. The van der Waals surface area contributed by atoms with E-state index in [9.17, 15) is 9.59 Å². The number of hydrogen-bond acceptors (Lipinski definition) is 3. The van der Waals surface area contributed by atoms with Gasteiger partial charge in [0.25, 0.3) is 0 Å². The first kappa shape index (κ1) is 15.5. The number of rotatable bonds is 4. The van der Waals surface area contributed by atoms with E-state index < -0.39 is 12.1 Å². The Labute approximate surface area is 125 Å². The highest BCUT2D eigenvalue weighted by Gasteiger charge is 2.43. The maximum absolute atomic E-state index is 12.8. The molecule has 1 saturated heterocycles. The summed E-state index contributed by atoms with van der Waals surface area (Å²) in [4.78, 5) is 30.9. The van der Waals surface area contributed by atoms with Gasteiger partial charge in [-0.3, -0.25) is 14.6 Å². The predicted molar refractivity (Wildman–Crippen MR) is 80.3 cm³/mol. The number of hydrogen-bond donors (Lipinski definition) is 1. The van der Waals surface area contributed by atoms with Crippen LogP contribution in [0.2, 0.25) is 0 Å². The first-order valence-electron chi connectivity index (χ1n) is 7.49. The zero-order valence-electron chi connectivity index (χ0n) is 13.0. The molecule has 3 atom stereocenters. The van der Waals surface area contributed by atoms with Gasteiger partial charge < -0.3 is 10.2 Å². The summed E-state index contributed by atoms with van der Waals surface area (Å²) < 4.78 is 0. The van der Waals surface area contributed by atoms with Crippen molar-refractivity contribution >= 4 is 11.8 Å². The summed E-state index contributed by atoms with van der Waals surface area (Å²) in [6, 6.07) is 2.76. The van der Waals surface area contributed by atoms with E-state index >= 15 is 0 Å². The average molecular weight is 289 g/mol. The van der Waals surface area contributed by atoms with Gasteiger partial charge in [-0.2, -0.15) is 0 Å². The molecule has 1 fully saturated rings. The summed E-state index contributed by atoms with van der Waals surface area (Å²) in [5.74, 6) is 0.00204. The molecule has 0 bridgehead atoms. The molecular weight excluding hydrogens is 266 g/mol. The van der Waals surface area contributed by atoms with Crippen molar-refractivity contribution in [3.8, 4) is 0 Å². The third-order valence-electron chi connectivity index (χ3n) is 4.09. The molecule has 0 spiro atoms. The third kappa shape index (κ3) is 2.91. The van der Waals surface area contributed by atoms with Crippen molar-refractivity contribution in [2.45, 2.75) is 52.2 Å². The monoisotopic (exact) mass is 289 g/mol. The summed E-state index contributed by atoms with van der Waals surface area (Å²) in [5, 5.41) is 2.86. The molecule has 3 unspecified atom stereocenters. The van der Waals surface area contributed by atoms with Crippen LogP contribution in [0, 0.1) is 5.92 Å². The summed E-state index contributed by atoms with van der Waals surface area (Å²) in [5.41, 5.74) is 0.946. The molecule has 0 aromatic carbocycles. The Balaban J connectivity index is 2.36. The average Bonchev–Trinajstić information content (AvgIpc) is 2.48. The summed E-state index contributed by atoms with van der Waals surface area (Å²) in [6.07, 6.45) is 4.06. The van der Waals surface area contributed by atoms with Gasteiger partial charge in [0, 0.05) is 12.4 Å². The minimum atomic E-state index is -0.445. The van der Waals surface area contributed by atoms with Crippen LogP contribution in [-0.2, 0) is 9.59 Å². The molecule has 1 aromatic heterocycles. The molecule has 1 aromatic rings. The van der Waals surface area contributed by atoms with Crippen LogP contribution >= 0.6 is 0 Å². The lowest BCUT2D eigenvalue weighted by atomic mass is 9.94. The first-order chi connectivity index (χ1) is 9.97. The van der Waals surface area contributed by atoms with E-state index in [2.05, 4.69) is 10.3 Å². The van der Waals surface area contributed by atoms with Crippen molar-refractivity contribution in [3.63, 3.8) is 0 Å². The molecule has 1 aliphatic rings. The molecular formula is C16H23N3O2. The number of piperazine rings is 1. The lowest BCUT2D eigenvalue weighted by Gasteiger charge is -2.43. The normalized spacial score (nSPS) is 24.1. The Hall–Kier alpha value is -1.91. The Bertz CT molecular complexity index is 516. The summed E-state index contributed by atoms with van der Waals surface area (Å²) >= 11 is 0. The largest absolute Gasteiger partial charge is 0.342 e.